The van der Waals surface area contributed by atoms with Gasteiger partial charge in [0.15, 0.2) is 5.69 Å². The van der Waals surface area contributed by atoms with Gasteiger partial charge in [0.05, 0.1) is 17.4 Å². The lowest BCUT2D eigenvalue weighted by Gasteiger charge is -2.58. The first-order valence-corrected chi connectivity index (χ1v) is 10.6. The molecular formula is C21H24F3N5O2. The SMILES string of the molecule is NC(=O)c1c(C(F)(F)F)nn(-c2ncccn2)c1CC(O)C12CC3CC(CC(C3)C1)C2. The van der Waals surface area contributed by atoms with Crippen LogP contribution >= 0.6 is 0 Å². The molecule has 4 bridgehead atoms. The molecule has 1 atom stereocenters. The first-order chi connectivity index (χ1) is 14.7. The van der Waals surface area contributed by atoms with E-state index in [1.54, 1.807) is 0 Å². The minimum absolute atomic E-state index is 0.0886. The molecule has 0 aromatic carbocycles. The Morgan fingerprint density at radius 1 is 1.16 bits per heavy atom. The van der Waals surface area contributed by atoms with Crippen molar-refractivity contribution in [3.8, 4) is 5.95 Å². The second-order valence-corrected chi connectivity index (χ2v) is 9.49. The number of primary amides is 1. The third-order valence-electron chi connectivity index (χ3n) is 7.42. The molecule has 6 rings (SSSR count). The summed E-state index contributed by atoms with van der Waals surface area (Å²) in [5.74, 6) is 0.342. The van der Waals surface area contributed by atoms with Crippen molar-refractivity contribution < 1.29 is 23.1 Å². The normalized spacial score (nSPS) is 30.5. The van der Waals surface area contributed by atoms with Crippen molar-refractivity contribution >= 4 is 5.91 Å². The van der Waals surface area contributed by atoms with Gasteiger partial charge in [0.1, 0.15) is 0 Å². The minimum atomic E-state index is -4.88. The molecule has 31 heavy (non-hydrogen) atoms. The lowest BCUT2D eigenvalue weighted by molar-refractivity contribution is -0.141. The number of nitrogens with zero attached hydrogens (tertiary/aromatic N) is 4. The number of rotatable bonds is 5. The molecule has 10 heteroatoms. The lowest BCUT2D eigenvalue weighted by Crippen LogP contribution is -2.52. The molecule has 2 aromatic rings. The summed E-state index contributed by atoms with van der Waals surface area (Å²) in [7, 11) is 0. The molecule has 0 saturated heterocycles. The summed E-state index contributed by atoms with van der Waals surface area (Å²) in [4.78, 5) is 20.1. The van der Waals surface area contributed by atoms with Crippen molar-refractivity contribution in [2.24, 2.45) is 28.9 Å². The van der Waals surface area contributed by atoms with Crippen molar-refractivity contribution in [3.63, 3.8) is 0 Å². The highest BCUT2D eigenvalue weighted by Crippen LogP contribution is 2.61. The highest BCUT2D eigenvalue weighted by Gasteiger charge is 2.54. The molecule has 4 aliphatic carbocycles. The lowest BCUT2D eigenvalue weighted by atomic mass is 9.48. The monoisotopic (exact) mass is 435 g/mol. The molecule has 2 heterocycles. The Balaban J connectivity index is 1.58. The maximum absolute atomic E-state index is 13.7. The number of hydrogen-bond acceptors (Lipinski definition) is 5. The second kappa shape index (κ2) is 7.01. The Labute approximate surface area is 176 Å². The minimum Gasteiger partial charge on any atom is -0.392 e. The van der Waals surface area contributed by atoms with E-state index in [4.69, 9.17) is 5.73 Å². The van der Waals surface area contributed by atoms with E-state index in [1.165, 1.54) is 37.7 Å². The smallest absolute Gasteiger partial charge is 0.392 e. The third kappa shape index (κ3) is 3.40. The van der Waals surface area contributed by atoms with Gasteiger partial charge in [-0.15, -0.1) is 0 Å². The van der Waals surface area contributed by atoms with Crippen LogP contribution in [0.15, 0.2) is 18.5 Å². The molecule has 1 unspecified atom stereocenters. The molecule has 0 spiro atoms. The van der Waals surface area contributed by atoms with E-state index < -0.39 is 29.4 Å². The zero-order valence-corrected chi connectivity index (χ0v) is 16.8. The average Bonchev–Trinajstić information content (AvgIpc) is 3.07. The van der Waals surface area contributed by atoms with E-state index in [0.717, 1.165) is 23.9 Å². The Morgan fingerprint density at radius 2 is 1.71 bits per heavy atom. The van der Waals surface area contributed by atoms with Crippen molar-refractivity contribution in [2.75, 3.05) is 0 Å². The topological polar surface area (TPSA) is 107 Å². The Kier molecular flexibility index (Phi) is 4.62. The van der Waals surface area contributed by atoms with Gasteiger partial charge >= 0.3 is 6.18 Å². The fourth-order valence-electron chi connectivity index (χ4n) is 6.65. The van der Waals surface area contributed by atoms with E-state index in [1.807, 2.05) is 0 Å². The number of carbonyl (C=O) groups excluding carboxylic acids is 1. The van der Waals surface area contributed by atoms with Crippen molar-refractivity contribution in [3.05, 3.63) is 35.4 Å². The van der Waals surface area contributed by atoms with Crippen LogP contribution in [0.4, 0.5) is 13.2 Å². The number of aliphatic hydroxyl groups excluding tert-OH is 1. The maximum Gasteiger partial charge on any atom is 0.436 e. The molecule has 0 aliphatic heterocycles. The number of aromatic nitrogens is 4. The highest BCUT2D eigenvalue weighted by molar-refractivity contribution is 5.95. The summed E-state index contributed by atoms with van der Waals surface area (Å²) in [6, 6.07) is 1.52. The summed E-state index contributed by atoms with van der Waals surface area (Å²) in [6.45, 7) is 0. The largest absolute Gasteiger partial charge is 0.436 e. The van der Waals surface area contributed by atoms with Crippen LogP contribution in [-0.4, -0.2) is 36.9 Å². The summed E-state index contributed by atoms with van der Waals surface area (Å²) in [5.41, 5.74) is 2.85. The van der Waals surface area contributed by atoms with Gasteiger partial charge in [0.25, 0.3) is 11.9 Å². The van der Waals surface area contributed by atoms with Gasteiger partial charge in [-0.05, 0) is 67.8 Å². The van der Waals surface area contributed by atoms with Crippen LogP contribution in [0, 0.1) is 23.2 Å². The Bertz CT molecular complexity index is 969. The first-order valence-electron chi connectivity index (χ1n) is 10.6. The molecule has 4 fully saturated rings. The standard InChI is InChI=1S/C21H24F3N5O2/c22-21(23,24)17-16(18(25)31)14(29(28-17)19-26-2-1-3-27-19)7-15(30)20-8-11-4-12(9-20)6-13(5-11)10-20/h1-3,11-13,15,30H,4-10H2,(H2,25,31). The molecule has 3 N–H and O–H groups in total. The summed E-state index contributed by atoms with van der Waals surface area (Å²) < 4.78 is 42.0. The molecule has 7 nitrogen and oxygen atoms in total. The maximum atomic E-state index is 13.7. The zero-order chi connectivity index (χ0) is 22.0. The number of aliphatic hydroxyl groups is 1. The number of carbonyl (C=O) groups is 1. The fraction of sp³-hybridized carbons (Fsp3) is 0.619. The van der Waals surface area contributed by atoms with Gasteiger partial charge in [-0.3, -0.25) is 4.79 Å². The summed E-state index contributed by atoms with van der Waals surface area (Å²) >= 11 is 0. The third-order valence-corrected chi connectivity index (χ3v) is 7.42. The fourth-order valence-corrected chi connectivity index (χ4v) is 6.65. The van der Waals surface area contributed by atoms with Gasteiger partial charge in [-0.2, -0.15) is 18.3 Å². The summed E-state index contributed by atoms with van der Waals surface area (Å²) in [6.07, 6.45) is 2.93. The number of amides is 1. The van der Waals surface area contributed by atoms with Crippen molar-refractivity contribution in [2.45, 2.75) is 57.2 Å². The van der Waals surface area contributed by atoms with Crippen LogP contribution in [-0.2, 0) is 12.6 Å². The first kappa shape index (κ1) is 20.4. The van der Waals surface area contributed by atoms with Crippen LogP contribution in [0.3, 0.4) is 0 Å². The second-order valence-electron chi connectivity index (χ2n) is 9.49. The quantitative estimate of drug-likeness (QED) is 0.751. The van der Waals surface area contributed by atoms with Crippen LogP contribution in [0.1, 0.15) is 60.3 Å². The summed E-state index contributed by atoms with van der Waals surface area (Å²) in [5, 5.41) is 15.0. The van der Waals surface area contributed by atoms with E-state index >= 15 is 0 Å². The van der Waals surface area contributed by atoms with Crippen LogP contribution < -0.4 is 5.73 Å². The van der Waals surface area contributed by atoms with Gasteiger partial charge in [0.2, 0.25) is 0 Å². The Hall–Kier alpha value is -2.49. The number of alkyl halides is 3. The van der Waals surface area contributed by atoms with Crippen molar-refractivity contribution in [1.82, 2.24) is 19.7 Å². The van der Waals surface area contributed by atoms with E-state index in [0.29, 0.717) is 17.8 Å². The van der Waals surface area contributed by atoms with E-state index in [2.05, 4.69) is 15.1 Å². The van der Waals surface area contributed by atoms with Gasteiger partial charge in [0, 0.05) is 18.8 Å². The highest BCUT2D eigenvalue weighted by atomic mass is 19.4. The average molecular weight is 435 g/mol. The number of hydrogen-bond donors (Lipinski definition) is 2. The molecule has 4 saturated carbocycles. The number of nitrogens with two attached hydrogens (primary N) is 1. The molecule has 2 aromatic heterocycles. The predicted octanol–water partition coefficient (Wildman–Crippen LogP) is 2.90. The molecule has 166 valence electrons. The molecule has 1 amide bonds. The number of halogens is 3. The molecule has 0 radical (unpaired) electrons. The van der Waals surface area contributed by atoms with Gasteiger partial charge < -0.3 is 10.8 Å². The van der Waals surface area contributed by atoms with Crippen LogP contribution in [0.5, 0.6) is 0 Å². The Morgan fingerprint density at radius 3 is 2.19 bits per heavy atom. The van der Waals surface area contributed by atoms with Gasteiger partial charge in [-0.25, -0.2) is 14.6 Å². The van der Waals surface area contributed by atoms with Crippen LogP contribution in [0.25, 0.3) is 5.95 Å². The van der Waals surface area contributed by atoms with Gasteiger partial charge in [-0.1, -0.05) is 0 Å². The zero-order valence-electron chi connectivity index (χ0n) is 16.8. The molecule has 4 aliphatic rings. The molecular weight excluding hydrogens is 411 g/mol. The predicted molar refractivity (Wildman–Crippen MR) is 103 cm³/mol. The van der Waals surface area contributed by atoms with E-state index in [-0.39, 0.29) is 23.5 Å². The van der Waals surface area contributed by atoms with E-state index in [9.17, 15) is 23.1 Å². The van der Waals surface area contributed by atoms with Crippen molar-refractivity contribution in [1.29, 1.82) is 0 Å². The van der Waals surface area contributed by atoms with Crippen LogP contribution in [0.2, 0.25) is 0 Å².